The van der Waals surface area contributed by atoms with Gasteiger partial charge in [0.05, 0.1) is 17.8 Å². The van der Waals surface area contributed by atoms with Crippen LogP contribution in [0.15, 0.2) is 42.6 Å². The second-order valence-electron chi connectivity index (χ2n) is 5.27. The minimum Gasteiger partial charge on any atom is -0.475 e. The van der Waals surface area contributed by atoms with E-state index in [2.05, 4.69) is 10.3 Å². The number of aromatic nitrogens is 1. The number of hydrogen-bond donors (Lipinski definition) is 2. The first-order valence-corrected chi connectivity index (χ1v) is 7.18. The third-order valence-corrected chi connectivity index (χ3v) is 3.01. The summed E-state index contributed by atoms with van der Waals surface area (Å²) in [5.74, 6) is 0.202. The number of ether oxygens (including phenoxy) is 1. The second kappa shape index (κ2) is 7.04. The third kappa shape index (κ3) is 4.05. The molecule has 1 amide bonds. The van der Waals surface area contributed by atoms with Crippen LogP contribution in [0.3, 0.4) is 0 Å². The van der Waals surface area contributed by atoms with Crippen molar-refractivity contribution in [2.75, 3.05) is 5.32 Å². The summed E-state index contributed by atoms with van der Waals surface area (Å²) in [7, 11) is 0. The summed E-state index contributed by atoms with van der Waals surface area (Å²) in [5.41, 5.74) is 1.69. The van der Waals surface area contributed by atoms with Crippen LogP contribution in [0.25, 0.3) is 0 Å². The SMILES string of the molecule is CC(C)Oc1ccc(C(=O)Nc2ccccc2C(C)O)cn1. The van der Waals surface area contributed by atoms with Crippen LogP contribution in [0.2, 0.25) is 0 Å². The molecule has 1 atom stereocenters. The van der Waals surface area contributed by atoms with Crippen molar-refractivity contribution in [1.29, 1.82) is 0 Å². The summed E-state index contributed by atoms with van der Waals surface area (Å²) in [6.45, 7) is 5.48. The molecule has 2 rings (SSSR count). The molecule has 2 aromatic rings. The number of para-hydroxylation sites is 1. The van der Waals surface area contributed by atoms with Crippen LogP contribution >= 0.6 is 0 Å². The highest BCUT2D eigenvalue weighted by Crippen LogP contribution is 2.22. The van der Waals surface area contributed by atoms with E-state index in [4.69, 9.17) is 4.74 Å². The van der Waals surface area contributed by atoms with Gasteiger partial charge in [-0.05, 0) is 32.9 Å². The van der Waals surface area contributed by atoms with Gasteiger partial charge in [-0.3, -0.25) is 4.79 Å². The van der Waals surface area contributed by atoms with Gasteiger partial charge < -0.3 is 15.2 Å². The number of pyridine rings is 1. The van der Waals surface area contributed by atoms with Crippen molar-refractivity contribution in [3.8, 4) is 5.88 Å². The van der Waals surface area contributed by atoms with Crippen LogP contribution in [-0.4, -0.2) is 22.1 Å². The molecule has 1 heterocycles. The van der Waals surface area contributed by atoms with Crippen molar-refractivity contribution in [2.24, 2.45) is 0 Å². The molecule has 1 unspecified atom stereocenters. The van der Waals surface area contributed by atoms with Crippen LogP contribution in [0, 0.1) is 0 Å². The Labute approximate surface area is 130 Å². The molecule has 5 nitrogen and oxygen atoms in total. The lowest BCUT2D eigenvalue weighted by Crippen LogP contribution is -2.14. The molecule has 0 aliphatic rings. The average molecular weight is 300 g/mol. The molecule has 0 aliphatic heterocycles. The Morgan fingerprint density at radius 2 is 1.91 bits per heavy atom. The van der Waals surface area contributed by atoms with Gasteiger partial charge >= 0.3 is 0 Å². The van der Waals surface area contributed by atoms with E-state index in [0.717, 1.165) is 0 Å². The van der Waals surface area contributed by atoms with E-state index in [1.807, 2.05) is 19.9 Å². The molecule has 1 aromatic heterocycles. The van der Waals surface area contributed by atoms with Crippen molar-refractivity contribution in [3.05, 3.63) is 53.7 Å². The predicted octanol–water partition coefficient (Wildman–Crippen LogP) is 3.17. The molecule has 1 aromatic carbocycles. The number of aliphatic hydroxyl groups is 1. The molecule has 0 saturated carbocycles. The van der Waals surface area contributed by atoms with Crippen molar-refractivity contribution in [3.63, 3.8) is 0 Å². The molecule has 116 valence electrons. The average Bonchev–Trinajstić information content (AvgIpc) is 2.47. The number of nitrogens with zero attached hydrogens (tertiary/aromatic N) is 1. The Hall–Kier alpha value is -2.40. The number of carbonyl (C=O) groups is 1. The van der Waals surface area contributed by atoms with Crippen LogP contribution in [0.1, 0.15) is 42.8 Å². The van der Waals surface area contributed by atoms with E-state index in [0.29, 0.717) is 22.7 Å². The summed E-state index contributed by atoms with van der Waals surface area (Å²) in [4.78, 5) is 16.4. The molecule has 2 N–H and O–H groups in total. The summed E-state index contributed by atoms with van der Waals surface area (Å²) in [6.07, 6.45) is 0.847. The van der Waals surface area contributed by atoms with Gasteiger partial charge in [0.15, 0.2) is 0 Å². The van der Waals surface area contributed by atoms with Gasteiger partial charge in [0, 0.05) is 23.5 Å². The van der Waals surface area contributed by atoms with Gasteiger partial charge in [-0.25, -0.2) is 4.98 Å². The van der Waals surface area contributed by atoms with Gasteiger partial charge in [-0.15, -0.1) is 0 Å². The topological polar surface area (TPSA) is 71.5 Å². The van der Waals surface area contributed by atoms with Crippen molar-refractivity contribution in [1.82, 2.24) is 4.98 Å². The fraction of sp³-hybridized carbons (Fsp3) is 0.294. The summed E-state index contributed by atoms with van der Waals surface area (Å²) >= 11 is 0. The Balaban J connectivity index is 2.13. The first kappa shape index (κ1) is 16.0. The molecule has 22 heavy (non-hydrogen) atoms. The Bertz CT molecular complexity index is 637. The standard InChI is InChI=1S/C17H20N2O3/c1-11(2)22-16-9-8-13(10-18-16)17(21)19-15-7-5-4-6-14(15)12(3)20/h4-12,20H,1-3H3,(H,19,21). The number of hydrogen-bond acceptors (Lipinski definition) is 4. The van der Waals surface area contributed by atoms with Crippen LogP contribution in [0.4, 0.5) is 5.69 Å². The number of amides is 1. The van der Waals surface area contributed by atoms with E-state index in [9.17, 15) is 9.90 Å². The maximum absolute atomic E-state index is 12.2. The largest absolute Gasteiger partial charge is 0.475 e. The predicted molar refractivity (Wildman–Crippen MR) is 85.0 cm³/mol. The van der Waals surface area contributed by atoms with E-state index < -0.39 is 6.10 Å². The monoisotopic (exact) mass is 300 g/mol. The highest BCUT2D eigenvalue weighted by molar-refractivity contribution is 6.04. The fourth-order valence-corrected chi connectivity index (χ4v) is 2.00. The van der Waals surface area contributed by atoms with Crippen molar-refractivity contribution < 1.29 is 14.6 Å². The van der Waals surface area contributed by atoms with E-state index in [1.54, 1.807) is 37.3 Å². The minimum absolute atomic E-state index is 0.0325. The first-order valence-electron chi connectivity index (χ1n) is 7.18. The zero-order valence-electron chi connectivity index (χ0n) is 12.9. The van der Waals surface area contributed by atoms with Gasteiger partial charge in [-0.2, -0.15) is 0 Å². The van der Waals surface area contributed by atoms with Gasteiger partial charge in [-0.1, -0.05) is 18.2 Å². The Kier molecular flexibility index (Phi) is 5.12. The number of carbonyl (C=O) groups excluding carboxylic acids is 1. The highest BCUT2D eigenvalue weighted by atomic mass is 16.5. The Morgan fingerprint density at radius 3 is 2.50 bits per heavy atom. The molecule has 0 aliphatic carbocycles. The zero-order chi connectivity index (χ0) is 16.1. The van der Waals surface area contributed by atoms with Crippen LogP contribution in [-0.2, 0) is 0 Å². The van der Waals surface area contributed by atoms with Gasteiger partial charge in [0.1, 0.15) is 0 Å². The first-order chi connectivity index (χ1) is 10.5. The van der Waals surface area contributed by atoms with Gasteiger partial charge in [0.25, 0.3) is 5.91 Å². The number of nitrogens with one attached hydrogen (secondary N) is 1. The highest BCUT2D eigenvalue weighted by Gasteiger charge is 2.12. The fourth-order valence-electron chi connectivity index (χ4n) is 2.00. The number of rotatable bonds is 5. The minimum atomic E-state index is -0.656. The lowest BCUT2D eigenvalue weighted by Gasteiger charge is -2.13. The zero-order valence-corrected chi connectivity index (χ0v) is 12.9. The molecular formula is C17H20N2O3. The lowest BCUT2D eigenvalue weighted by molar-refractivity contribution is 0.102. The van der Waals surface area contributed by atoms with E-state index in [-0.39, 0.29) is 12.0 Å². The number of anilines is 1. The second-order valence-corrected chi connectivity index (χ2v) is 5.27. The molecule has 0 radical (unpaired) electrons. The maximum Gasteiger partial charge on any atom is 0.257 e. The molecule has 0 bridgehead atoms. The van der Waals surface area contributed by atoms with Crippen molar-refractivity contribution in [2.45, 2.75) is 33.0 Å². The van der Waals surface area contributed by atoms with Crippen LogP contribution in [0.5, 0.6) is 5.88 Å². The van der Waals surface area contributed by atoms with Crippen LogP contribution < -0.4 is 10.1 Å². The van der Waals surface area contributed by atoms with E-state index in [1.165, 1.54) is 6.20 Å². The lowest BCUT2D eigenvalue weighted by atomic mass is 10.1. The number of benzene rings is 1. The summed E-state index contributed by atoms with van der Waals surface area (Å²) < 4.78 is 5.44. The summed E-state index contributed by atoms with van der Waals surface area (Å²) in [5, 5.41) is 12.5. The van der Waals surface area contributed by atoms with E-state index >= 15 is 0 Å². The Morgan fingerprint density at radius 1 is 1.18 bits per heavy atom. The van der Waals surface area contributed by atoms with Crippen molar-refractivity contribution >= 4 is 11.6 Å². The van der Waals surface area contributed by atoms with Gasteiger partial charge in [0.2, 0.25) is 5.88 Å². The quantitative estimate of drug-likeness (QED) is 0.889. The smallest absolute Gasteiger partial charge is 0.257 e. The third-order valence-electron chi connectivity index (χ3n) is 3.01. The molecule has 0 saturated heterocycles. The summed E-state index contributed by atoms with van der Waals surface area (Å²) in [6, 6.07) is 10.5. The maximum atomic E-state index is 12.2. The molecular weight excluding hydrogens is 280 g/mol. The molecule has 0 fully saturated rings. The molecule has 0 spiro atoms. The number of aliphatic hydroxyl groups excluding tert-OH is 1. The molecule has 5 heteroatoms. The normalized spacial score (nSPS) is 12.0.